The van der Waals surface area contributed by atoms with Crippen LogP contribution in [0.15, 0.2) is 17.2 Å². The van der Waals surface area contributed by atoms with E-state index in [-0.39, 0.29) is 4.90 Å². The summed E-state index contributed by atoms with van der Waals surface area (Å²) in [6.45, 7) is 0.593. The fourth-order valence-electron chi connectivity index (χ4n) is 0.876. The Morgan fingerprint density at radius 1 is 1.67 bits per heavy atom. The molecule has 4 N–H and O–H groups in total. The maximum Gasteiger partial charge on any atom is 0.239 e. The van der Waals surface area contributed by atoms with Crippen molar-refractivity contribution < 1.29 is 8.42 Å². The summed E-state index contributed by atoms with van der Waals surface area (Å²) in [5.74, 6) is 0. The van der Waals surface area contributed by atoms with Gasteiger partial charge in [-0.3, -0.25) is 0 Å². The second-order valence-corrected chi connectivity index (χ2v) is 4.00. The van der Waals surface area contributed by atoms with Gasteiger partial charge in [0.05, 0.1) is 4.90 Å². The van der Waals surface area contributed by atoms with Crippen molar-refractivity contribution in [2.45, 2.75) is 11.4 Å². The van der Waals surface area contributed by atoms with Gasteiger partial charge in [0.15, 0.2) is 0 Å². The van der Waals surface area contributed by atoms with E-state index in [4.69, 9.17) is 5.14 Å². The number of H-pyrrole nitrogens is 1. The average Bonchev–Trinajstić information content (AvgIpc) is 2.35. The lowest BCUT2D eigenvalue weighted by molar-refractivity contribution is 0.598. The molecule has 1 aromatic rings. The van der Waals surface area contributed by atoms with Crippen LogP contribution in [0.1, 0.15) is 5.69 Å². The second-order valence-electron chi connectivity index (χ2n) is 2.44. The first-order chi connectivity index (χ1) is 5.54. The van der Waals surface area contributed by atoms with E-state index in [0.717, 1.165) is 5.69 Å². The largest absolute Gasteiger partial charge is 0.363 e. The monoisotopic (exact) mass is 189 g/mol. The molecule has 1 heterocycles. The number of nitrogens with two attached hydrogens (primary N) is 1. The topological polar surface area (TPSA) is 88.0 Å². The van der Waals surface area contributed by atoms with Gasteiger partial charge in [-0.25, -0.2) is 13.6 Å². The molecule has 5 nitrogen and oxygen atoms in total. The Morgan fingerprint density at radius 3 is 2.75 bits per heavy atom. The highest BCUT2D eigenvalue weighted by atomic mass is 32.2. The highest BCUT2D eigenvalue weighted by Gasteiger charge is 2.09. The molecule has 12 heavy (non-hydrogen) atoms. The van der Waals surface area contributed by atoms with E-state index in [1.165, 1.54) is 12.3 Å². The standard InChI is InChI=1S/C6H11N3O2S/c1-8-3-5-2-6(4-9-5)12(7,10)11/h2,4,8-9H,3H2,1H3,(H2,7,10,11). The van der Waals surface area contributed by atoms with Crippen molar-refractivity contribution in [3.8, 4) is 0 Å². The van der Waals surface area contributed by atoms with Crippen LogP contribution >= 0.6 is 0 Å². The number of aromatic amines is 1. The molecule has 1 rings (SSSR count). The van der Waals surface area contributed by atoms with Crippen molar-refractivity contribution in [3.05, 3.63) is 18.0 Å². The van der Waals surface area contributed by atoms with Crippen molar-refractivity contribution in [2.24, 2.45) is 5.14 Å². The summed E-state index contributed by atoms with van der Waals surface area (Å²) >= 11 is 0. The summed E-state index contributed by atoms with van der Waals surface area (Å²) < 4.78 is 21.6. The van der Waals surface area contributed by atoms with Crippen molar-refractivity contribution in [2.75, 3.05) is 7.05 Å². The van der Waals surface area contributed by atoms with Gasteiger partial charge < -0.3 is 10.3 Å². The molecular formula is C6H11N3O2S. The Balaban J connectivity index is 2.92. The fourth-order valence-corrected chi connectivity index (χ4v) is 1.41. The van der Waals surface area contributed by atoms with Gasteiger partial charge >= 0.3 is 0 Å². The molecule has 0 aliphatic carbocycles. The van der Waals surface area contributed by atoms with Crippen LogP contribution in [0.25, 0.3) is 0 Å². The average molecular weight is 189 g/mol. The molecule has 0 unspecified atom stereocenters. The normalized spacial score (nSPS) is 11.8. The van der Waals surface area contributed by atoms with E-state index in [1.807, 2.05) is 0 Å². The molecule has 0 saturated carbocycles. The van der Waals surface area contributed by atoms with Gasteiger partial charge in [0, 0.05) is 18.4 Å². The molecule has 68 valence electrons. The van der Waals surface area contributed by atoms with Gasteiger partial charge in [0.1, 0.15) is 0 Å². The molecule has 0 amide bonds. The maximum atomic E-state index is 10.8. The highest BCUT2D eigenvalue weighted by molar-refractivity contribution is 7.89. The smallest absolute Gasteiger partial charge is 0.239 e. The van der Waals surface area contributed by atoms with E-state index in [9.17, 15) is 8.42 Å². The van der Waals surface area contributed by atoms with Gasteiger partial charge in [-0.05, 0) is 13.1 Å². The second kappa shape index (κ2) is 3.26. The number of sulfonamides is 1. The molecule has 0 bridgehead atoms. The predicted octanol–water partition coefficient (Wildman–Crippen LogP) is -0.618. The molecule has 0 saturated heterocycles. The zero-order valence-corrected chi connectivity index (χ0v) is 7.48. The molecule has 0 aromatic carbocycles. The lowest BCUT2D eigenvalue weighted by atomic mass is 10.4. The first-order valence-electron chi connectivity index (χ1n) is 3.38. The first kappa shape index (κ1) is 9.24. The molecule has 0 radical (unpaired) electrons. The summed E-state index contributed by atoms with van der Waals surface area (Å²) in [6, 6.07) is 1.51. The fraction of sp³-hybridized carbons (Fsp3) is 0.333. The number of aromatic nitrogens is 1. The summed E-state index contributed by atoms with van der Waals surface area (Å²) in [5.41, 5.74) is 0.793. The number of primary sulfonamides is 1. The van der Waals surface area contributed by atoms with E-state index in [2.05, 4.69) is 10.3 Å². The van der Waals surface area contributed by atoms with Crippen LogP contribution in [0.3, 0.4) is 0 Å². The van der Waals surface area contributed by atoms with E-state index >= 15 is 0 Å². The molecular weight excluding hydrogens is 178 g/mol. The number of rotatable bonds is 3. The summed E-state index contributed by atoms with van der Waals surface area (Å²) in [6.07, 6.45) is 1.38. The molecule has 0 spiro atoms. The van der Waals surface area contributed by atoms with Gasteiger partial charge in [-0.2, -0.15) is 0 Å². The molecule has 6 heteroatoms. The van der Waals surface area contributed by atoms with Crippen molar-refractivity contribution in [1.82, 2.24) is 10.3 Å². The first-order valence-corrected chi connectivity index (χ1v) is 4.93. The highest BCUT2D eigenvalue weighted by Crippen LogP contribution is 2.07. The van der Waals surface area contributed by atoms with Crippen molar-refractivity contribution >= 4 is 10.0 Å². The summed E-state index contributed by atoms with van der Waals surface area (Å²) in [7, 11) is -1.78. The Hall–Kier alpha value is -0.850. The SMILES string of the molecule is CNCc1cc(S(N)(=O)=O)c[nH]1. The minimum absolute atomic E-state index is 0.118. The quantitative estimate of drug-likeness (QED) is 0.592. The van der Waals surface area contributed by atoms with E-state index in [0.29, 0.717) is 6.54 Å². The molecule has 1 aromatic heterocycles. The Kier molecular flexibility index (Phi) is 2.51. The van der Waals surface area contributed by atoms with Crippen molar-refractivity contribution in [1.29, 1.82) is 0 Å². The van der Waals surface area contributed by atoms with Gasteiger partial charge in [0.25, 0.3) is 0 Å². The summed E-state index contributed by atoms with van der Waals surface area (Å²) in [5, 5.41) is 7.78. The lowest BCUT2D eigenvalue weighted by Crippen LogP contribution is -2.11. The van der Waals surface area contributed by atoms with Crippen LogP contribution in [0.5, 0.6) is 0 Å². The third-order valence-electron chi connectivity index (χ3n) is 1.41. The van der Waals surface area contributed by atoms with Crippen LogP contribution in [0, 0.1) is 0 Å². The zero-order valence-electron chi connectivity index (χ0n) is 6.66. The van der Waals surface area contributed by atoms with Crippen LogP contribution in [-0.4, -0.2) is 20.4 Å². The minimum Gasteiger partial charge on any atom is -0.363 e. The third-order valence-corrected chi connectivity index (χ3v) is 2.30. The van der Waals surface area contributed by atoms with Crippen LogP contribution < -0.4 is 10.5 Å². The van der Waals surface area contributed by atoms with Crippen molar-refractivity contribution in [3.63, 3.8) is 0 Å². The summed E-state index contributed by atoms with van der Waals surface area (Å²) in [4.78, 5) is 2.91. The van der Waals surface area contributed by atoms with E-state index < -0.39 is 10.0 Å². The van der Waals surface area contributed by atoms with E-state index in [1.54, 1.807) is 7.05 Å². The Morgan fingerprint density at radius 2 is 2.33 bits per heavy atom. The number of nitrogens with one attached hydrogen (secondary N) is 2. The van der Waals surface area contributed by atoms with Gasteiger partial charge in [-0.15, -0.1) is 0 Å². The number of hydrogen-bond donors (Lipinski definition) is 3. The predicted molar refractivity (Wildman–Crippen MR) is 44.9 cm³/mol. The minimum atomic E-state index is -3.56. The van der Waals surface area contributed by atoms with Crippen LogP contribution in [-0.2, 0) is 16.6 Å². The van der Waals surface area contributed by atoms with Crippen LogP contribution in [0.2, 0.25) is 0 Å². The van der Waals surface area contributed by atoms with Crippen LogP contribution in [0.4, 0.5) is 0 Å². The third kappa shape index (κ3) is 2.07. The lowest BCUT2D eigenvalue weighted by Gasteiger charge is -1.92. The Labute approximate surface area is 71.0 Å². The molecule has 0 aliphatic rings. The van der Waals surface area contributed by atoms with Gasteiger partial charge in [0.2, 0.25) is 10.0 Å². The molecule has 0 fully saturated rings. The van der Waals surface area contributed by atoms with Gasteiger partial charge in [-0.1, -0.05) is 0 Å². The maximum absolute atomic E-state index is 10.8. The number of hydrogen-bond acceptors (Lipinski definition) is 3. The molecule has 0 aliphatic heterocycles. The molecule has 0 atom stereocenters. The zero-order chi connectivity index (χ0) is 9.19. The Bertz CT molecular complexity index is 355.